The Bertz CT molecular complexity index is 1630. The van der Waals surface area contributed by atoms with Crippen LogP contribution in [0.15, 0.2) is 0 Å². The summed E-state index contributed by atoms with van der Waals surface area (Å²) < 4.78 is 77.9. The first-order valence-electron chi connectivity index (χ1n) is 24.0. The molecular formula is C47H81NO17. The first-order chi connectivity index (χ1) is 30.5. The standard InChI is InChI=1S/C47H81NO17/c1-23-18-24(2)45(9,51)61-36(23)31-19-32(58-35-20-30(53-10)40(55-12)28(6)57-35)42(59-31)44(8)15-14-33(60-44)43(7)16-17-46(65-43)21-29(49)25(3)37(62-46)26(4)38-41(56-13)39(54-11)27(5)47(52,63-38)22-34(50)64-48/h23-33,35-42,49,51-52H,14-22,48H2,1-13H3/t23-,24+,25+,26+,27-,28-,29-,30-,31+,32-,33+,35+,36-,37-,38-,39-,40-,41-,42+,43-,44-,45-,46+,47+/m0/s1. The smallest absolute Gasteiger partial charge is 0.329 e. The van der Waals surface area contributed by atoms with Crippen molar-refractivity contribution in [3.63, 3.8) is 0 Å². The number of carbonyl (C=O) groups excluding carboxylic acids is 1. The SMILES string of the molecule is CO[C@@H]1[C@@H](OC)[C@H](C)[C@@](O)(CC(=O)ON)O[C@H]1[C@H](C)[C@H]1O[C@@]2(CC[C@@](C)([C@H]3CC[C@@](C)([C@@H]4O[C@@H]([C@H]5O[C@](C)(O)[C@H](C)C[C@@H]5C)C[C@@H]4O[C@@H]4C[C@H](OC)[C@@H](OC)[C@H](C)O4)O3)O2)C[C@H](O)[C@H]1C. The van der Waals surface area contributed by atoms with E-state index in [1.807, 2.05) is 27.7 Å². The molecule has 0 unspecified atom stereocenters. The molecule has 18 heteroatoms. The Morgan fingerprint density at radius 1 is 0.785 bits per heavy atom. The molecule has 0 amide bonds. The number of carbonyl (C=O) groups is 1. The van der Waals surface area contributed by atoms with Gasteiger partial charge in [0.15, 0.2) is 23.7 Å². The largest absolute Gasteiger partial charge is 0.393 e. The Balaban J connectivity index is 1.09. The maximum absolute atomic E-state index is 12.4. The van der Waals surface area contributed by atoms with E-state index >= 15 is 0 Å². The number of aliphatic hydroxyl groups is 3. The van der Waals surface area contributed by atoms with Crippen molar-refractivity contribution < 1.29 is 81.8 Å². The fraction of sp³-hybridized carbons (Fsp3) is 0.979. The van der Waals surface area contributed by atoms with Gasteiger partial charge in [-0.15, -0.1) is 0 Å². The number of hydrogen-bond donors (Lipinski definition) is 4. The fourth-order valence-electron chi connectivity index (χ4n) is 12.7. The third kappa shape index (κ3) is 9.82. The van der Waals surface area contributed by atoms with Gasteiger partial charge in [0.25, 0.3) is 0 Å². The van der Waals surface area contributed by atoms with Crippen molar-refractivity contribution in [3.8, 4) is 0 Å². The van der Waals surface area contributed by atoms with E-state index in [1.165, 1.54) is 7.11 Å². The lowest BCUT2D eigenvalue weighted by atomic mass is 9.75. The van der Waals surface area contributed by atoms with Gasteiger partial charge in [0.1, 0.15) is 24.7 Å². The van der Waals surface area contributed by atoms with E-state index in [4.69, 9.17) is 62.7 Å². The highest BCUT2D eigenvalue weighted by Crippen LogP contribution is 2.55. The van der Waals surface area contributed by atoms with Gasteiger partial charge in [-0.25, -0.2) is 0 Å². The predicted octanol–water partition coefficient (Wildman–Crippen LogP) is 3.65. The number of rotatable bonds is 13. The summed E-state index contributed by atoms with van der Waals surface area (Å²) in [5.41, 5.74) is -1.60. The molecule has 0 bridgehead atoms. The van der Waals surface area contributed by atoms with Gasteiger partial charge in [-0.2, -0.15) is 5.90 Å². The maximum atomic E-state index is 12.4. The van der Waals surface area contributed by atoms with Crippen LogP contribution in [-0.4, -0.2) is 164 Å². The summed E-state index contributed by atoms with van der Waals surface area (Å²) in [5, 5.41) is 34.8. The first-order valence-corrected chi connectivity index (χ1v) is 24.0. The molecule has 18 nitrogen and oxygen atoms in total. The van der Waals surface area contributed by atoms with Crippen molar-refractivity contribution in [3.05, 3.63) is 0 Å². The van der Waals surface area contributed by atoms with Crippen LogP contribution < -0.4 is 5.90 Å². The summed E-state index contributed by atoms with van der Waals surface area (Å²) >= 11 is 0. The van der Waals surface area contributed by atoms with E-state index in [0.29, 0.717) is 38.5 Å². The quantitative estimate of drug-likeness (QED) is 0.194. The van der Waals surface area contributed by atoms with Crippen LogP contribution in [0.25, 0.3) is 0 Å². The summed E-state index contributed by atoms with van der Waals surface area (Å²) in [6.07, 6.45) is -2.99. The summed E-state index contributed by atoms with van der Waals surface area (Å²) in [7, 11) is 6.40. The molecule has 376 valence electrons. The Hall–Kier alpha value is -1.17. The molecule has 65 heavy (non-hydrogen) atoms. The van der Waals surface area contributed by atoms with Crippen LogP contribution in [0.4, 0.5) is 0 Å². The lowest BCUT2D eigenvalue weighted by Crippen LogP contribution is -2.66. The minimum Gasteiger partial charge on any atom is -0.393 e. The number of ether oxygens (including phenoxy) is 12. The molecule has 5 N–H and O–H groups in total. The van der Waals surface area contributed by atoms with Gasteiger partial charge >= 0.3 is 5.97 Å². The molecule has 0 aromatic heterocycles. The van der Waals surface area contributed by atoms with Crippen molar-refractivity contribution in [2.75, 3.05) is 28.4 Å². The van der Waals surface area contributed by atoms with Crippen LogP contribution >= 0.6 is 0 Å². The van der Waals surface area contributed by atoms with Crippen LogP contribution in [-0.2, 0) is 66.5 Å². The first kappa shape index (κ1) is 51.7. The third-order valence-electron chi connectivity index (χ3n) is 16.9. The van der Waals surface area contributed by atoms with Gasteiger partial charge < -0.3 is 77.0 Å². The monoisotopic (exact) mass is 932 g/mol. The number of aliphatic hydroxyl groups excluding tert-OH is 1. The summed E-state index contributed by atoms with van der Waals surface area (Å²) in [6.45, 7) is 17.5. The van der Waals surface area contributed by atoms with E-state index in [1.54, 1.807) is 35.2 Å². The van der Waals surface area contributed by atoms with Gasteiger partial charge in [-0.05, 0) is 59.3 Å². The van der Waals surface area contributed by atoms with Gasteiger partial charge in [-0.1, -0.05) is 34.6 Å². The van der Waals surface area contributed by atoms with E-state index < -0.39 is 102 Å². The second-order valence-electron chi connectivity index (χ2n) is 21.4. The Labute approximate surface area is 385 Å². The van der Waals surface area contributed by atoms with Crippen LogP contribution in [0.5, 0.6) is 0 Å². The molecule has 24 atom stereocenters. The summed E-state index contributed by atoms with van der Waals surface area (Å²) in [4.78, 5) is 16.8. The second kappa shape index (κ2) is 19.6. The normalized spacial score (nSPS) is 53.4. The molecule has 0 aromatic carbocycles. The van der Waals surface area contributed by atoms with Gasteiger partial charge in [0.05, 0.1) is 72.2 Å². The van der Waals surface area contributed by atoms with E-state index in [2.05, 4.69) is 25.6 Å². The van der Waals surface area contributed by atoms with E-state index in [-0.39, 0.29) is 60.8 Å². The van der Waals surface area contributed by atoms with Crippen LogP contribution in [0.2, 0.25) is 0 Å². The number of hydrogen-bond acceptors (Lipinski definition) is 18. The lowest BCUT2D eigenvalue weighted by Gasteiger charge is -2.53. The average molecular weight is 932 g/mol. The highest BCUT2D eigenvalue weighted by molar-refractivity contribution is 5.70. The molecule has 7 aliphatic heterocycles. The maximum Gasteiger partial charge on any atom is 0.329 e. The van der Waals surface area contributed by atoms with Crippen molar-refractivity contribution in [1.82, 2.24) is 0 Å². The van der Waals surface area contributed by atoms with Crippen molar-refractivity contribution >= 4 is 5.97 Å². The lowest BCUT2D eigenvalue weighted by molar-refractivity contribution is -0.365. The number of nitrogens with two attached hydrogens (primary N) is 1. The molecule has 7 fully saturated rings. The Morgan fingerprint density at radius 3 is 2.12 bits per heavy atom. The second-order valence-corrected chi connectivity index (χ2v) is 21.4. The fourth-order valence-corrected chi connectivity index (χ4v) is 12.7. The van der Waals surface area contributed by atoms with Crippen molar-refractivity contribution in [2.24, 2.45) is 35.5 Å². The zero-order valence-corrected chi connectivity index (χ0v) is 41.0. The van der Waals surface area contributed by atoms with E-state index in [0.717, 1.165) is 6.42 Å². The van der Waals surface area contributed by atoms with Gasteiger partial charge in [-0.3, -0.25) is 4.79 Å². The molecule has 7 saturated heterocycles. The number of methoxy groups -OCH3 is 4. The highest BCUT2D eigenvalue weighted by atomic mass is 16.7. The molecular weight excluding hydrogens is 851 g/mol. The minimum atomic E-state index is -1.98. The summed E-state index contributed by atoms with van der Waals surface area (Å²) in [6, 6.07) is 0. The van der Waals surface area contributed by atoms with Crippen molar-refractivity contribution in [1.29, 1.82) is 0 Å². The molecule has 0 aromatic rings. The third-order valence-corrected chi connectivity index (χ3v) is 16.9. The van der Waals surface area contributed by atoms with Crippen molar-refractivity contribution in [2.45, 2.75) is 234 Å². The van der Waals surface area contributed by atoms with Gasteiger partial charge in [0.2, 0.25) is 0 Å². The molecule has 7 aliphatic rings. The van der Waals surface area contributed by atoms with Gasteiger partial charge in [0, 0.05) is 77.8 Å². The Morgan fingerprint density at radius 2 is 1.48 bits per heavy atom. The molecule has 1 spiro atoms. The molecule has 0 aliphatic carbocycles. The topological polar surface area (TPSA) is 224 Å². The zero-order valence-electron chi connectivity index (χ0n) is 41.0. The van der Waals surface area contributed by atoms with Crippen LogP contribution in [0, 0.1) is 29.6 Å². The Kier molecular flexibility index (Phi) is 15.5. The summed E-state index contributed by atoms with van der Waals surface area (Å²) in [5.74, 6) is -1.56. The van der Waals surface area contributed by atoms with Crippen LogP contribution in [0.1, 0.15) is 120 Å². The molecule has 7 heterocycles. The average Bonchev–Trinajstić information content (AvgIpc) is 3.97. The molecule has 0 saturated carbocycles. The predicted molar refractivity (Wildman–Crippen MR) is 230 cm³/mol. The van der Waals surface area contributed by atoms with Crippen LogP contribution in [0.3, 0.4) is 0 Å². The van der Waals surface area contributed by atoms with E-state index in [9.17, 15) is 20.1 Å². The highest BCUT2D eigenvalue weighted by Gasteiger charge is 2.64. The molecule has 0 radical (unpaired) electrons. The minimum absolute atomic E-state index is 0.0404. The molecule has 7 rings (SSSR count). The zero-order chi connectivity index (χ0) is 47.6.